The van der Waals surface area contributed by atoms with E-state index in [2.05, 4.69) is 16.1 Å². The molecule has 4 unspecified atom stereocenters. The third-order valence-corrected chi connectivity index (χ3v) is 5.75. The highest BCUT2D eigenvalue weighted by atomic mass is 35.5. The lowest BCUT2D eigenvalue weighted by atomic mass is 9.83. The Bertz CT molecular complexity index is 905. The lowest BCUT2D eigenvalue weighted by molar-refractivity contribution is -0.136. The van der Waals surface area contributed by atoms with Crippen LogP contribution in [0.2, 0.25) is 5.02 Å². The van der Waals surface area contributed by atoms with E-state index in [0.29, 0.717) is 17.3 Å². The zero-order valence-corrected chi connectivity index (χ0v) is 16.5. The van der Waals surface area contributed by atoms with E-state index in [0.717, 1.165) is 11.3 Å². The van der Waals surface area contributed by atoms with Crippen LogP contribution >= 0.6 is 11.6 Å². The van der Waals surface area contributed by atoms with Crippen molar-refractivity contribution in [1.82, 2.24) is 10.7 Å². The van der Waals surface area contributed by atoms with Gasteiger partial charge >= 0.3 is 0 Å². The number of hydrazine groups is 1. The number of Topliss-reactive ketones (excluding diaryl/α,β-unsaturated/α-hetero) is 1. The molecule has 146 valence electrons. The molecular weight excluding hydrogens is 376 g/mol. The van der Waals surface area contributed by atoms with Crippen molar-refractivity contribution in [3.8, 4) is 0 Å². The summed E-state index contributed by atoms with van der Waals surface area (Å²) in [6.45, 7) is 4.16. The third-order valence-electron chi connectivity index (χ3n) is 5.51. The fourth-order valence-electron chi connectivity index (χ4n) is 4.00. The Balaban J connectivity index is 1.52. The third kappa shape index (κ3) is 3.39. The van der Waals surface area contributed by atoms with Crippen LogP contribution in [-0.4, -0.2) is 30.4 Å². The van der Waals surface area contributed by atoms with Crippen LogP contribution in [0.15, 0.2) is 48.5 Å². The number of para-hydroxylation sites is 1. The maximum atomic E-state index is 13.2. The first-order valence-electron chi connectivity index (χ1n) is 9.40. The number of benzene rings is 2. The molecular formula is C21H23ClN4O2. The number of halogens is 1. The van der Waals surface area contributed by atoms with Crippen LogP contribution in [-0.2, 0) is 9.59 Å². The second-order valence-electron chi connectivity index (χ2n) is 7.41. The molecule has 7 heteroatoms. The number of ketones is 1. The number of hydrogen-bond acceptors (Lipinski definition) is 5. The van der Waals surface area contributed by atoms with Crippen LogP contribution in [0.25, 0.3) is 0 Å². The minimum atomic E-state index is -0.736. The zero-order chi connectivity index (χ0) is 19.8. The van der Waals surface area contributed by atoms with Crippen molar-refractivity contribution in [3.05, 3.63) is 59.1 Å². The van der Waals surface area contributed by atoms with Gasteiger partial charge in [-0.15, -0.1) is 0 Å². The summed E-state index contributed by atoms with van der Waals surface area (Å²) < 4.78 is 0. The summed E-state index contributed by atoms with van der Waals surface area (Å²) in [7, 11) is 0. The molecule has 0 bridgehead atoms. The second-order valence-corrected chi connectivity index (χ2v) is 7.84. The monoisotopic (exact) mass is 398 g/mol. The number of carbonyl (C=O) groups excluding carboxylic acids is 2. The number of piperidine rings is 1. The predicted molar refractivity (Wildman–Crippen MR) is 110 cm³/mol. The van der Waals surface area contributed by atoms with Gasteiger partial charge in [-0.1, -0.05) is 35.9 Å². The molecule has 4 atom stereocenters. The molecule has 1 amide bonds. The van der Waals surface area contributed by atoms with E-state index in [1.54, 1.807) is 12.1 Å². The molecule has 2 aromatic rings. The van der Waals surface area contributed by atoms with Gasteiger partial charge in [0.1, 0.15) is 12.1 Å². The quantitative estimate of drug-likeness (QED) is 0.693. The number of amides is 1. The molecule has 6 nitrogen and oxygen atoms in total. The molecule has 2 fully saturated rings. The molecule has 4 rings (SSSR count). The number of aryl methyl sites for hydroxylation is 1. The molecule has 2 saturated heterocycles. The van der Waals surface area contributed by atoms with Crippen molar-refractivity contribution >= 4 is 34.7 Å². The Labute approximate surface area is 169 Å². The Morgan fingerprint density at radius 3 is 2.71 bits per heavy atom. The van der Waals surface area contributed by atoms with Gasteiger partial charge in [0.25, 0.3) is 0 Å². The van der Waals surface area contributed by atoms with Gasteiger partial charge in [-0.05, 0) is 43.7 Å². The van der Waals surface area contributed by atoms with Gasteiger partial charge in [0.2, 0.25) is 5.91 Å². The summed E-state index contributed by atoms with van der Waals surface area (Å²) in [5.74, 6) is -1.39. The first kappa shape index (κ1) is 18.9. The van der Waals surface area contributed by atoms with Crippen LogP contribution in [0.4, 0.5) is 11.4 Å². The minimum absolute atomic E-state index is 0.0423. The van der Waals surface area contributed by atoms with Gasteiger partial charge in [0.15, 0.2) is 5.78 Å². The predicted octanol–water partition coefficient (Wildman–Crippen LogP) is 2.73. The van der Waals surface area contributed by atoms with Crippen LogP contribution in [0, 0.1) is 18.8 Å². The van der Waals surface area contributed by atoms with E-state index in [1.807, 2.05) is 55.3 Å². The van der Waals surface area contributed by atoms with Crippen molar-refractivity contribution in [2.24, 2.45) is 11.8 Å². The largest absolute Gasteiger partial charge is 0.325 e. The molecule has 0 radical (unpaired) electrons. The van der Waals surface area contributed by atoms with Crippen LogP contribution in [0.1, 0.15) is 12.5 Å². The molecule has 0 aliphatic carbocycles. The fraction of sp³-hybridized carbons (Fsp3) is 0.333. The molecule has 2 aliphatic heterocycles. The first-order chi connectivity index (χ1) is 13.5. The summed E-state index contributed by atoms with van der Waals surface area (Å²) in [6, 6.07) is 15.1. The van der Waals surface area contributed by atoms with Crippen LogP contribution in [0.5, 0.6) is 0 Å². The number of nitrogens with one attached hydrogen (secondary N) is 3. The molecule has 28 heavy (non-hydrogen) atoms. The molecule has 2 aromatic carbocycles. The van der Waals surface area contributed by atoms with E-state index in [4.69, 9.17) is 11.6 Å². The standard InChI is InChI=1S/C21H23ClN4O2/c1-12-8-9-14(22)10-17(12)24-21(28)16-11-23-20-18(19(16)27)13(2)25-26(20)15-6-4-3-5-7-15/h3-10,13,16,18,20,23,25H,11H2,1-2H3,(H,24,28). The van der Waals surface area contributed by atoms with E-state index in [1.165, 1.54) is 0 Å². The molecule has 2 heterocycles. The zero-order valence-electron chi connectivity index (χ0n) is 15.8. The van der Waals surface area contributed by atoms with Gasteiger partial charge in [-0.25, -0.2) is 5.43 Å². The van der Waals surface area contributed by atoms with E-state index >= 15 is 0 Å². The molecule has 0 aromatic heterocycles. The minimum Gasteiger partial charge on any atom is -0.325 e. The molecule has 2 aliphatic rings. The van der Waals surface area contributed by atoms with Crippen molar-refractivity contribution in [3.63, 3.8) is 0 Å². The summed E-state index contributed by atoms with van der Waals surface area (Å²) in [5.41, 5.74) is 5.89. The summed E-state index contributed by atoms with van der Waals surface area (Å²) in [6.07, 6.45) is -0.179. The average molecular weight is 399 g/mol. The molecule has 0 saturated carbocycles. The van der Waals surface area contributed by atoms with Crippen molar-refractivity contribution in [2.45, 2.75) is 26.1 Å². The number of fused-ring (bicyclic) bond motifs is 1. The topological polar surface area (TPSA) is 73.5 Å². The lowest BCUT2D eigenvalue weighted by Crippen LogP contribution is -2.58. The fourth-order valence-corrected chi connectivity index (χ4v) is 4.17. The Morgan fingerprint density at radius 1 is 1.21 bits per heavy atom. The normalized spacial score (nSPS) is 26.8. The molecule has 3 N–H and O–H groups in total. The maximum absolute atomic E-state index is 13.2. The SMILES string of the molecule is Cc1ccc(Cl)cc1NC(=O)C1CNC2C(C1=O)C(C)NN2c1ccccc1. The van der Waals surface area contributed by atoms with Crippen LogP contribution < -0.4 is 21.1 Å². The van der Waals surface area contributed by atoms with E-state index in [9.17, 15) is 9.59 Å². The van der Waals surface area contributed by atoms with Crippen molar-refractivity contribution < 1.29 is 9.59 Å². The number of anilines is 2. The van der Waals surface area contributed by atoms with Gasteiger partial charge in [-0.2, -0.15) is 0 Å². The summed E-state index contributed by atoms with van der Waals surface area (Å²) >= 11 is 6.04. The van der Waals surface area contributed by atoms with E-state index < -0.39 is 5.92 Å². The number of rotatable bonds is 3. The highest BCUT2D eigenvalue weighted by molar-refractivity contribution is 6.31. The smallest absolute Gasteiger partial charge is 0.236 e. The second kappa shape index (κ2) is 7.54. The van der Waals surface area contributed by atoms with Gasteiger partial charge in [-0.3, -0.25) is 19.9 Å². The summed E-state index contributed by atoms with van der Waals surface area (Å²) in [5, 5.41) is 8.79. The Hall–Kier alpha value is -2.41. The Kier molecular flexibility index (Phi) is 5.10. The number of hydrogen-bond donors (Lipinski definition) is 3. The van der Waals surface area contributed by atoms with Crippen molar-refractivity contribution in [1.29, 1.82) is 0 Å². The van der Waals surface area contributed by atoms with Gasteiger partial charge < -0.3 is 5.32 Å². The maximum Gasteiger partial charge on any atom is 0.236 e. The lowest BCUT2D eigenvalue weighted by Gasteiger charge is -2.35. The summed E-state index contributed by atoms with van der Waals surface area (Å²) in [4.78, 5) is 26.0. The van der Waals surface area contributed by atoms with Crippen LogP contribution in [0.3, 0.4) is 0 Å². The molecule has 0 spiro atoms. The highest BCUT2D eigenvalue weighted by Crippen LogP contribution is 2.32. The van der Waals surface area contributed by atoms with Gasteiger partial charge in [0.05, 0.1) is 11.6 Å². The first-order valence-corrected chi connectivity index (χ1v) is 9.78. The Morgan fingerprint density at radius 2 is 1.96 bits per heavy atom. The van der Waals surface area contributed by atoms with Crippen molar-refractivity contribution in [2.75, 3.05) is 16.9 Å². The average Bonchev–Trinajstić information content (AvgIpc) is 3.03. The number of carbonyl (C=O) groups is 2. The van der Waals surface area contributed by atoms with Gasteiger partial charge in [0, 0.05) is 23.3 Å². The number of nitrogens with zero attached hydrogens (tertiary/aromatic N) is 1. The van der Waals surface area contributed by atoms with E-state index in [-0.39, 0.29) is 29.8 Å². The highest BCUT2D eigenvalue weighted by Gasteiger charge is 2.50.